The fourth-order valence-corrected chi connectivity index (χ4v) is 2.58. The molecule has 1 amide bonds. The van der Waals surface area contributed by atoms with E-state index in [1.54, 1.807) is 16.8 Å². The lowest BCUT2D eigenvalue weighted by molar-refractivity contribution is -0.137. The molecule has 2 aromatic rings. The van der Waals surface area contributed by atoms with Crippen molar-refractivity contribution < 1.29 is 14.7 Å². The van der Waals surface area contributed by atoms with Gasteiger partial charge in [-0.25, -0.2) is 4.68 Å². The van der Waals surface area contributed by atoms with Crippen molar-refractivity contribution in [3.05, 3.63) is 46.2 Å². The number of aryl methyl sites for hydroxylation is 1. The highest BCUT2D eigenvalue weighted by molar-refractivity contribution is 6.30. The van der Waals surface area contributed by atoms with Crippen molar-refractivity contribution >= 4 is 23.5 Å². The highest BCUT2D eigenvalue weighted by Gasteiger charge is 2.15. The van der Waals surface area contributed by atoms with Gasteiger partial charge in [-0.15, -0.1) is 0 Å². The summed E-state index contributed by atoms with van der Waals surface area (Å²) in [6.45, 7) is 4.14. The van der Waals surface area contributed by atoms with E-state index in [1.165, 1.54) is 0 Å². The number of aliphatic carboxylic acids is 1. The molecule has 0 spiro atoms. The molecular formula is C17H20ClN3O3. The van der Waals surface area contributed by atoms with Crippen LogP contribution in [0.4, 0.5) is 0 Å². The maximum absolute atomic E-state index is 12.0. The van der Waals surface area contributed by atoms with Crippen molar-refractivity contribution in [3.63, 3.8) is 0 Å². The number of amides is 1. The smallest absolute Gasteiger partial charge is 0.303 e. The van der Waals surface area contributed by atoms with E-state index in [9.17, 15) is 9.59 Å². The summed E-state index contributed by atoms with van der Waals surface area (Å²) in [5.41, 5.74) is 3.45. The van der Waals surface area contributed by atoms with Crippen molar-refractivity contribution in [2.24, 2.45) is 0 Å². The molecule has 0 aliphatic rings. The summed E-state index contributed by atoms with van der Waals surface area (Å²) in [6.07, 6.45) is 0.689. The molecular weight excluding hydrogens is 330 g/mol. The third-order valence-corrected chi connectivity index (χ3v) is 3.99. The molecule has 0 fully saturated rings. The number of aromatic nitrogens is 2. The number of nitrogens with zero attached hydrogens (tertiary/aromatic N) is 2. The fraction of sp³-hybridized carbons (Fsp3) is 0.353. The second-order valence-electron chi connectivity index (χ2n) is 5.56. The lowest BCUT2D eigenvalue weighted by atomic mass is 10.1. The lowest BCUT2D eigenvalue weighted by Crippen LogP contribution is -2.26. The standard InChI is InChI=1S/C17H20ClN3O3/c1-11-15(10-16(22)19-9-3-4-17(23)24)12(2)21(20-11)14-7-5-13(18)6-8-14/h5-8H,3-4,9-10H2,1-2H3,(H,19,22)(H,23,24). The van der Waals surface area contributed by atoms with Gasteiger partial charge in [-0.2, -0.15) is 5.10 Å². The normalized spacial score (nSPS) is 10.6. The third kappa shape index (κ3) is 4.58. The Morgan fingerprint density at radius 1 is 1.25 bits per heavy atom. The molecule has 0 saturated heterocycles. The molecule has 1 aromatic carbocycles. The van der Waals surface area contributed by atoms with Crippen LogP contribution in [0.2, 0.25) is 5.02 Å². The SMILES string of the molecule is Cc1nn(-c2ccc(Cl)cc2)c(C)c1CC(=O)NCCCC(=O)O. The van der Waals surface area contributed by atoms with Crippen LogP contribution in [-0.2, 0) is 16.0 Å². The van der Waals surface area contributed by atoms with Crippen LogP contribution >= 0.6 is 11.6 Å². The summed E-state index contributed by atoms with van der Waals surface area (Å²) in [7, 11) is 0. The molecule has 24 heavy (non-hydrogen) atoms. The van der Waals surface area contributed by atoms with E-state index in [-0.39, 0.29) is 18.7 Å². The number of hydrogen-bond acceptors (Lipinski definition) is 3. The van der Waals surface area contributed by atoms with Gasteiger partial charge in [0.15, 0.2) is 0 Å². The molecule has 128 valence electrons. The van der Waals surface area contributed by atoms with E-state index < -0.39 is 5.97 Å². The second-order valence-corrected chi connectivity index (χ2v) is 6.00. The van der Waals surface area contributed by atoms with Crippen LogP contribution in [0.15, 0.2) is 24.3 Å². The summed E-state index contributed by atoms with van der Waals surface area (Å²) < 4.78 is 1.79. The Morgan fingerprint density at radius 2 is 1.92 bits per heavy atom. The zero-order chi connectivity index (χ0) is 17.7. The van der Waals surface area contributed by atoms with Gasteiger partial charge >= 0.3 is 5.97 Å². The van der Waals surface area contributed by atoms with E-state index in [0.29, 0.717) is 18.0 Å². The largest absolute Gasteiger partial charge is 0.481 e. The van der Waals surface area contributed by atoms with Crippen LogP contribution in [-0.4, -0.2) is 33.3 Å². The zero-order valence-corrected chi connectivity index (χ0v) is 14.4. The zero-order valence-electron chi connectivity index (χ0n) is 13.7. The summed E-state index contributed by atoms with van der Waals surface area (Å²) >= 11 is 5.90. The highest BCUT2D eigenvalue weighted by atomic mass is 35.5. The first-order valence-corrected chi connectivity index (χ1v) is 8.06. The number of rotatable bonds is 7. The number of hydrogen-bond donors (Lipinski definition) is 2. The summed E-state index contributed by atoms with van der Waals surface area (Å²) in [5, 5.41) is 16.5. The minimum atomic E-state index is -0.861. The molecule has 0 saturated carbocycles. The minimum absolute atomic E-state index is 0.0484. The van der Waals surface area contributed by atoms with Gasteiger partial charge < -0.3 is 10.4 Å². The van der Waals surface area contributed by atoms with Crippen molar-refractivity contribution in [3.8, 4) is 5.69 Å². The molecule has 0 bridgehead atoms. The Labute approximate surface area is 145 Å². The number of halogens is 1. The molecule has 0 aliphatic carbocycles. The number of carbonyl (C=O) groups excluding carboxylic acids is 1. The van der Waals surface area contributed by atoms with Gasteiger partial charge in [-0.05, 0) is 44.5 Å². The monoisotopic (exact) mass is 349 g/mol. The van der Waals surface area contributed by atoms with Crippen molar-refractivity contribution in [1.82, 2.24) is 15.1 Å². The predicted octanol–water partition coefficient (Wildman–Crippen LogP) is 2.67. The quantitative estimate of drug-likeness (QED) is 0.753. The highest BCUT2D eigenvalue weighted by Crippen LogP contribution is 2.20. The first-order chi connectivity index (χ1) is 11.4. The summed E-state index contributed by atoms with van der Waals surface area (Å²) in [4.78, 5) is 22.5. The van der Waals surface area contributed by atoms with Gasteiger partial charge in [0.2, 0.25) is 5.91 Å². The van der Waals surface area contributed by atoms with Crippen molar-refractivity contribution in [2.75, 3.05) is 6.54 Å². The van der Waals surface area contributed by atoms with Crippen LogP contribution in [0, 0.1) is 13.8 Å². The topological polar surface area (TPSA) is 84.2 Å². The molecule has 0 atom stereocenters. The first-order valence-electron chi connectivity index (χ1n) is 7.68. The Bertz CT molecular complexity index is 738. The van der Waals surface area contributed by atoms with E-state index in [1.807, 2.05) is 26.0 Å². The van der Waals surface area contributed by atoms with Crippen LogP contribution in [0.1, 0.15) is 29.8 Å². The van der Waals surface area contributed by atoms with Gasteiger partial charge in [0, 0.05) is 29.2 Å². The summed E-state index contributed by atoms with van der Waals surface area (Å²) in [6, 6.07) is 7.33. The molecule has 2 N–H and O–H groups in total. The van der Waals surface area contributed by atoms with Gasteiger partial charge in [-0.1, -0.05) is 11.6 Å². The van der Waals surface area contributed by atoms with Gasteiger partial charge in [0.05, 0.1) is 17.8 Å². The number of nitrogens with one attached hydrogen (secondary N) is 1. The molecule has 2 rings (SSSR count). The molecule has 6 nitrogen and oxygen atoms in total. The Morgan fingerprint density at radius 3 is 2.54 bits per heavy atom. The Hall–Kier alpha value is -2.34. The van der Waals surface area contributed by atoms with E-state index in [2.05, 4.69) is 10.4 Å². The maximum Gasteiger partial charge on any atom is 0.303 e. The fourth-order valence-electron chi connectivity index (χ4n) is 2.45. The molecule has 1 aromatic heterocycles. The number of carboxylic acids is 1. The van der Waals surface area contributed by atoms with Gasteiger partial charge in [-0.3, -0.25) is 9.59 Å². The van der Waals surface area contributed by atoms with Gasteiger partial charge in [0.1, 0.15) is 0 Å². The van der Waals surface area contributed by atoms with Crippen LogP contribution < -0.4 is 5.32 Å². The van der Waals surface area contributed by atoms with Crippen LogP contribution in [0.25, 0.3) is 5.69 Å². The minimum Gasteiger partial charge on any atom is -0.481 e. The Kier molecular flexibility index (Phi) is 5.98. The number of benzene rings is 1. The van der Waals surface area contributed by atoms with Crippen LogP contribution in [0.3, 0.4) is 0 Å². The molecule has 0 radical (unpaired) electrons. The average Bonchev–Trinajstić information content (AvgIpc) is 2.80. The molecule has 0 unspecified atom stereocenters. The number of carbonyl (C=O) groups is 2. The van der Waals surface area contributed by atoms with E-state index >= 15 is 0 Å². The first kappa shape index (κ1) is 18.0. The predicted molar refractivity (Wildman–Crippen MR) is 91.6 cm³/mol. The molecule has 1 heterocycles. The lowest BCUT2D eigenvalue weighted by Gasteiger charge is -2.07. The van der Waals surface area contributed by atoms with Crippen LogP contribution in [0.5, 0.6) is 0 Å². The molecule has 0 aliphatic heterocycles. The van der Waals surface area contributed by atoms with E-state index in [0.717, 1.165) is 22.6 Å². The Balaban J connectivity index is 2.04. The molecule has 7 heteroatoms. The maximum atomic E-state index is 12.0. The average molecular weight is 350 g/mol. The van der Waals surface area contributed by atoms with Crippen molar-refractivity contribution in [2.45, 2.75) is 33.1 Å². The number of carboxylic acid groups (broad SMARTS) is 1. The third-order valence-electron chi connectivity index (χ3n) is 3.74. The van der Waals surface area contributed by atoms with Crippen molar-refractivity contribution in [1.29, 1.82) is 0 Å². The van der Waals surface area contributed by atoms with E-state index in [4.69, 9.17) is 16.7 Å². The summed E-state index contributed by atoms with van der Waals surface area (Å²) in [5.74, 6) is -0.998. The second kappa shape index (κ2) is 7.97. The van der Waals surface area contributed by atoms with Gasteiger partial charge in [0.25, 0.3) is 0 Å².